The van der Waals surface area contributed by atoms with Crippen LogP contribution in [0, 0.1) is 5.92 Å². The van der Waals surface area contributed by atoms with Crippen LogP contribution in [-0.4, -0.2) is 44.2 Å². The van der Waals surface area contributed by atoms with E-state index >= 15 is 0 Å². The Bertz CT molecular complexity index is 577. The van der Waals surface area contributed by atoms with E-state index in [1.54, 1.807) is 7.11 Å². The van der Waals surface area contributed by atoms with E-state index in [1.807, 2.05) is 6.07 Å². The van der Waals surface area contributed by atoms with Gasteiger partial charge in [0.25, 0.3) is 0 Å². The number of halogens is 1. The molecule has 0 radical (unpaired) electrons. The molecule has 0 unspecified atom stereocenters. The quantitative estimate of drug-likeness (QED) is 0.769. The number of ether oxygens (including phenoxy) is 2. The molecular formula is C17H22BrNO3. The van der Waals surface area contributed by atoms with E-state index in [2.05, 4.69) is 40.0 Å². The first-order chi connectivity index (χ1) is 10.6. The van der Waals surface area contributed by atoms with Gasteiger partial charge < -0.3 is 9.47 Å². The second-order valence-corrected chi connectivity index (χ2v) is 7.10. The molecule has 0 saturated carbocycles. The Labute approximate surface area is 139 Å². The maximum atomic E-state index is 12.4. The lowest BCUT2D eigenvalue weighted by Gasteiger charge is -2.41. The highest BCUT2D eigenvalue weighted by atomic mass is 79.9. The van der Waals surface area contributed by atoms with E-state index in [0.717, 1.165) is 23.1 Å². The molecule has 2 aliphatic heterocycles. The van der Waals surface area contributed by atoms with Crippen molar-refractivity contribution in [3.63, 3.8) is 0 Å². The Hall–Kier alpha value is -1.07. The zero-order valence-corrected chi connectivity index (χ0v) is 14.8. The molecule has 2 saturated heterocycles. The molecule has 0 aromatic heterocycles. The molecule has 2 fully saturated rings. The topological polar surface area (TPSA) is 38.8 Å². The van der Waals surface area contributed by atoms with Gasteiger partial charge in [-0.1, -0.05) is 6.07 Å². The lowest BCUT2D eigenvalue weighted by Crippen LogP contribution is -2.49. The fraction of sp³-hybridized carbons (Fsp3) is 0.588. The van der Waals surface area contributed by atoms with Gasteiger partial charge in [0.15, 0.2) is 0 Å². The van der Waals surface area contributed by atoms with Crippen LogP contribution in [0.4, 0.5) is 0 Å². The number of hydrogen-bond donors (Lipinski definition) is 0. The predicted molar refractivity (Wildman–Crippen MR) is 88.1 cm³/mol. The third-order valence-electron chi connectivity index (χ3n) is 5.35. The highest BCUT2D eigenvalue weighted by Crippen LogP contribution is 2.47. The number of benzene rings is 1. The maximum absolute atomic E-state index is 12.4. The van der Waals surface area contributed by atoms with Crippen LogP contribution in [0.2, 0.25) is 0 Å². The SMILES string of the molecule is COC(=O)[C@H]1[C@@H](c2ccc(OC)c(Br)c2)C[C@@H]2CC[C@H]1N2C. The van der Waals surface area contributed by atoms with Crippen molar-refractivity contribution in [2.75, 3.05) is 21.3 Å². The molecular weight excluding hydrogens is 346 g/mol. The van der Waals surface area contributed by atoms with E-state index < -0.39 is 0 Å². The van der Waals surface area contributed by atoms with Crippen molar-refractivity contribution in [2.45, 2.75) is 37.3 Å². The van der Waals surface area contributed by atoms with Crippen molar-refractivity contribution in [3.8, 4) is 5.75 Å². The first-order valence-corrected chi connectivity index (χ1v) is 8.49. The standard InChI is InChI=1S/C17H22BrNO3/c1-19-11-5-6-14(19)16(17(20)22-3)12(9-11)10-4-7-15(21-2)13(18)8-10/h4,7-8,11-12,14,16H,5-6,9H2,1-3H3/t11-,12+,14+,16-/m0/s1. The van der Waals surface area contributed by atoms with Crippen LogP contribution in [0.3, 0.4) is 0 Å². The van der Waals surface area contributed by atoms with Crippen molar-refractivity contribution < 1.29 is 14.3 Å². The summed E-state index contributed by atoms with van der Waals surface area (Å²) in [6, 6.07) is 6.99. The zero-order chi connectivity index (χ0) is 15.9. The van der Waals surface area contributed by atoms with Crippen LogP contribution in [-0.2, 0) is 9.53 Å². The average molecular weight is 368 g/mol. The molecule has 5 heteroatoms. The summed E-state index contributed by atoms with van der Waals surface area (Å²) in [5.74, 6) is 0.848. The van der Waals surface area contributed by atoms with Crippen molar-refractivity contribution in [2.24, 2.45) is 5.92 Å². The summed E-state index contributed by atoms with van der Waals surface area (Å²) < 4.78 is 11.4. The number of nitrogens with zero attached hydrogens (tertiary/aromatic N) is 1. The molecule has 2 bridgehead atoms. The molecule has 4 atom stereocenters. The Balaban J connectivity index is 1.97. The Morgan fingerprint density at radius 3 is 2.73 bits per heavy atom. The van der Waals surface area contributed by atoms with Crippen LogP contribution < -0.4 is 4.74 Å². The van der Waals surface area contributed by atoms with Crippen LogP contribution in [0.1, 0.15) is 30.7 Å². The summed E-state index contributed by atoms with van der Waals surface area (Å²) in [6.45, 7) is 0. The molecule has 0 amide bonds. The highest BCUT2D eigenvalue weighted by molar-refractivity contribution is 9.10. The number of carbonyl (C=O) groups is 1. The van der Waals surface area contributed by atoms with Crippen molar-refractivity contribution in [1.29, 1.82) is 0 Å². The van der Waals surface area contributed by atoms with E-state index in [1.165, 1.54) is 19.1 Å². The number of fused-ring (bicyclic) bond motifs is 2. The summed E-state index contributed by atoms with van der Waals surface area (Å²) in [4.78, 5) is 14.8. The largest absolute Gasteiger partial charge is 0.496 e. The monoisotopic (exact) mass is 367 g/mol. The number of hydrogen-bond acceptors (Lipinski definition) is 4. The number of piperidine rings is 1. The Kier molecular flexibility index (Phi) is 4.46. The van der Waals surface area contributed by atoms with Crippen LogP contribution in [0.15, 0.2) is 22.7 Å². The molecule has 0 aliphatic carbocycles. The van der Waals surface area contributed by atoms with Gasteiger partial charge in [-0.25, -0.2) is 0 Å². The predicted octanol–water partition coefficient (Wildman–Crippen LogP) is 3.20. The molecule has 2 heterocycles. The Morgan fingerprint density at radius 1 is 1.32 bits per heavy atom. The third-order valence-corrected chi connectivity index (χ3v) is 5.97. The zero-order valence-electron chi connectivity index (χ0n) is 13.2. The summed E-state index contributed by atoms with van der Waals surface area (Å²) >= 11 is 3.55. The second-order valence-electron chi connectivity index (χ2n) is 6.25. The van der Waals surface area contributed by atoms with Gasteiger partial charge in [-0.05, 0) is 59.9 Å². The lowest BCUT2D eigenvalue weighted by molar-refractivity contribution is -0.150. The van der Waals surface area contributed by atoms with Crippen molar-refractivity contribution in [3.05, 3.63) is 28.2 Å². The molecule has 0 spiro atoms. The molecule has 2 aliphatic rings. The molecule has 120 valence electrons. The van der Waals surface area contributed by atoms with Gasteiger partial charge in [-0.2, -0.15) is 0 Å². The number of esters is 1. The minimum Gasteiger partial charge on any atom is -0.496 e. The minimum atomic E-state index is -0.0888. The van der Waals surface area contributed by atoms with Gasteiger partial charge >= 0.3 is 5.97 Å². The van der Waals surface area contributed by atoms with Crippen LogP contribution in [0.5, 0.6) is 5.75 Å². The van der Waals surface area contributed by atoms with Crippen LogP contribution in [0.25, 0.3) is 0 Å². The Morgan fingerprint density at radius 2 is 2.09 bits per heavy atom. The van der Waals surface area contributed by atoms with Crippen molar-refractivity contribution >= 4 is 21.9 Å². The molecule has 4 nitrogen and oxygen atoms in total. The van der Waals surface area contributed by atoms with Crippen LogP contribution >= 0.6 is 15.9 Å². The third kappa shape index (κ3) is 2.54. The maximum Gasteiger partial charge on any atom is 0.310 e. The first-order valence-electron chi connectivity index (χ1n) is 7.70. The number of methoxy groups -OCH3 is 2. The minimum absolute atomic E-state index is 0.0888. The van der Waals surface area contributed by atoms with Gasteiger partial charge in [0.05, 0.1) is 24.6 Å². The smallest absolute Gasteiger partial charge is 0.310 e. The molecule has 1 aromatic carbocycles. The lowest BCUT2D eigenvalue weighted by atomic mass is 9.76. The molecule has 0 N–H and O–H groups in total. The first kappa shape index (κ1) is 15.8. The van der Waals surface area contributed by atoms with Crippen molar-refractivity contribution in [1.82, 2.24) is 4.90 Å². The second kappa shape index (κ2) is 6.20. The van der Waals surface area contributed by atoms with Gasteiger partial charge in [-0.3, -0.25) is 9.69 Å². The van der Waals surface area contributed by atoms with E-state index in [-0.39, 0.29) is 23.8 Å². The summed E-state index contributed by atoms with van der Waals surface area (Å²) in [5.41, 5.74) is 1.19. The molecule has 3 rings (SSSR count). The van der Waals surface area contributed by atoms with Gasteiger partial charge in [0.2, 0.25) is 0 Å². The normalized spacial score (nSPS) is 31.1. The summed E-state index contributed by atoms with van der Waals surface area (Å²) in [5, 5.41) is 0. The van der Waals surface area contributed by atoms with Gasteiger partial charge in [0, 0.05) is 18.0 Å². The van der Waals surface area contributed by atoms with Gasteiger partial charge in [0.1, 0.15) is 5.75 Å². The molecule has 1 aromatic rings. The fourth-order valence-corrected chi connectivity index (χ4v) is 4.74. The number of carbonyl (C=O) groups excluding carboxylic acids is 1. The molecule has 22 heavy (non-hydrogen) atoms. The van der Waals surface area contributed by atoms with E-state index in [9.17, 15) is 4.79 Å². The van der Waals surface area contributed by atoms with E-state index in [4.69, 9.17) is 9.47 Å². The summed E-state index contributed by atoms with van der Waals surface area (Å²) in [6.07, 6.45) is 3.25. The summed E-state index contributed by atoms with van der Waals surface area (Å²) in [7, 11) is 5.29. The van der Waals surface area contributed by atoms with E-state index in [0.29, 0.717) is 6.04 Å². The van der Waals surface area contributed by atoms with Gasteiger partial charge in [-0.15, -0.1) is 0 Å². The fourth-order valence-electron chi connectivity index (χ4n) is 4.18. The highest BCUT2D eigenvalue weighted by Gasteiger charge is 2.49. The average Bonchev–Trinajstić information content (AvgIpc) is 2.76. The number of rotatable bonds is 3.